The molecular weight excluding hydrogens is 194 g/mol. The number of rotatable bonds is 2. The molecule has 1 N–H and O–H groups in total. The van der Waals surface area contributed by atoms with Crippen molar-refractivity contribution >= 4 is 5.91 Å². The maximum Gasteiger partial charge on any atom is 0.253 e. The summed E-state index contributed by atoms with van der Waals surface area (Å²) in [4.78, 5) is 11.6. The zero-order valence-corrected chi connectivity index (χ0v) is 9.34. The molecule has 0 saturated carbocycles. The molecule has 0 aliphatic carbocycles. The van der Waals surface area contributed by atoms with E-state index in [1.54, 1.807) is 0 Å². The van der Waals surface area contributed by atoms with Crippen LogP contribution >= 0.6 is 0 Å². The van der Waals surface area contributed by atoms with Crippen LogP contribution in [0.1, 0.15) is 33.6 Å². The predicted molar refractivity (Wildman–Crippen MR) is 54.1 cm³/mol. The zero-order valence-electron chi connectivity index (χ0n) is 9.34. The molecule has 15 heavy (non-hydrogen) atoms. The largest absolute Gasteiger partial charge is 0.372 e. The Morgan fingerprint density at radius 3 is 2.73 bits per heavy atom. The summed E-state index contributed by atoms with van der Waals surface area (Å²) < 4.78 is 0. The summed E-state index contributed by atoms with van der Waals surface area (Å²) in [5.41, 5.74) is 0. The average molecular weight is 211 g/mol. The second-order valence-electron chi connectivity index (χ2n) is 4.11. The minimum absolute atomic E-state index is 0.127. The monoisotopic (exact) mass is 211 g/mol. The predicted octanol–water partition coefficient (Wildman–Crippen LogP) is 0.465. The molecule has 0 spiro atoms. The molecule has 1 saturated heterocycles. The first-order chi connectivity index (χ1) is 6.99. The van der Waals surface area contributed by atoms with Crippen LogP contribution in [-0.4, -0.2) is 39.3 Å². The van der Waals surface area contributed by atoms with Crippen molar-refractivity contribution in [2.45, 2.75) is 51.9 Å². The van der Waals surface area contributed by atoms with Crippen LogP contribution in [0.3, 0.4) is 0 Å². The number of carbonyl (C=O) groups excluding carboxylic acids is 1. The van der Waals surface area contributed by atoms with Crippen molar-refractivity contribution in [1.29, 1.82) is 5.26 Å². The summed E-state index contributed by atoms with van der Waals surface area (Å²) >= 11 is 0. The van der Waals surface area contributed by atoms with E-state index in [9.17, 15) is 9.90 Å². The number of aliphatic hydroxyl groups is 1. The minimum Gasteiger partial charge on any atom is -0.372 e. The molecule has 1 aliphatic rings. The fraction of sp³-hybridized carbons (Fsp3) is 0.800. The summed E-state index contributed by atoms with van der Waals surface area (Å²) in [6.45, 7) is 5.88. The molecule has 5 heteroatoms. The van der Waals surface area contributed by atoms with Crippen LogP contribution in [0.4, 0.5) is 0 Å². The lowest BCUT2D eigenvalue weighted by atomic mass is 10.2. The van der Waals surface area contributed by atoms with Gasteiger partial charge in [-0.15, -0.1) is 0 Å². The van der Waals surface area contributed by atoms with Gasteiger partial charge in [0.2, 0.25) is 0 Å². The van der Waals surface area contributed by atoms with E-state index >= 15 is 0 Å². The van der Waals surface area contributed by atoms with Crippen LogP contribution in [0, 0.1) is 11.3 Å². The van der Waals surface area contributed by atoms with Crippen LogP contribution in [0.5, 0.6) is 0 Å². The van der Waals surface area contributed by atoms with E-state index in [-0.39, 0.29) is 24.4 Å². The molecule has 2 atom stereocenters. The van der Waals surface area contributed by atoms with Crippen molar-refractivity contribution in [1.82, 2.24) is 10.0 Å². The van der Waals surface area contributed by atoms with E-state index in [4.69, 9.17) is 5.26 Å². The van der Waals surface area contributed by atoms with Gasteiger partial charge in [-0.05, 0) is 20.8 Å². The summed E-state index contributed by atoms with van der Waals surface area (Å²) in [7, 11) is 0. The highest BCUT2D eigenvalue weighted by molar-refractivity contribution is 5.78. The third-order valence-corrected chi connectivity index (χ3v) is 2.55. The summed E-state index contributed by atoms with van der Waals surface area (Å²) in [6.07, 6.45) is -0.439. The third kappa shape index (κ3) is 2.28. The molecule has 0 bridgehead atoms. The molecule has 2 unspecified atom stereocenters. The molecule has 0 aromatic heterocycles. The molecule has 1 rings (SSSR count). The van der Waals surface area contributed by atoms with Gasteiger partial charge in [0.25, 0.3) is 5.91 Å². The zero-order chi connectivity index (χ0) is 11.6. The lowest BCUT2D eigenvalue weighted by Crippen LogP contribution is -2.50. The SMILES string of the molecule is CC(C)N1C(C)CC(O)N1C(=O)CC#N. The second kappa shape index (κ2) is 4.60. The van der Waals surface area contributed by atoms with Gasteiger partial charge in [0.15, 0.2) is 0 Å². The molecule has 5 nitrogen and oxygen atoms in total. The quantitative estimate of drug-likeness (QED) is 0.720. The Bertz CT molecular complexity index is 285. The normalized spacial score (nSPS) is 27.1. The van der Waals surface area contributed by atoms with Crippen LogP contribution in [-0.2, 0) is 4.79 Å². The fourth-order valence-corrected chi connectivity index (χ4v) is 2.08. The van der Waals surface area contributed by atoms with Crippen molar-refractivity contribution in [3.8, 4) is 6.07 Å². The van der Waals surface area contributed by atoms with Gasteiger partial charge < -0.3 is 5.11 Å². The molecule has 1 aliphatic heterocycles. The number of carbonyl (C=O) groups is 1. The Labute approximate surface area is 89.9 Å². The smallest absolute Gasteiger partial charge is 0.253 e. The van der Waals surface area contributed by atoms with E-state index in [1.807, 2.05) is 31.8 Å². The lowest BCUT2D eigenvalue weighted by molar-refractivity contribution is -0.165. The molecule has 1 fully saturated rings. The Hall–Kier alpha value is -1.12. The Kier molecular flexibility index (Phi) is 3.66. The van der Waals surface area contributed by atoms with E-state index in [2.05, 4.69) is 0 Å². The van der Waals surface area contributed by atoms with Gasteiger partial charge in [-0.25, -0.2) is 10.0 Å². The number of hydrogen-bond donors (Lipinski definition) is 1. The topological polar surface area (TPSA) is 67.6 Å². The van der Waals surface area contributed by atoms with Gasteiger partial charge in [-0.3, -0.25) is 4.79 Å². The Morgan fingerprint density at radius 2 is 2.27 bits per heavy atom. The van der Waals surface area contributed by atoms with Gasteiger partial charge in [0, 0.05) is 18.5 Å². The first kappa shape index (κ1) is 12.0. The van der Waals surface area contributed by atoms with E-state index in [1.165, 1.54) is 5.01 Å². The summed E-state index contributed by atoms with van der Waals surface area (Å²) in [5.74, 6) is -0.331. The number of amides is 1. The molecule has 0 radical (unpaired) electrons. The highest BCUT2D eigenvalue weighted by Gasteiger charge is 2.40. The fourth-order valence-electron chi connectivity index (χ4n) is 2.08. The van der Waals surface area contributed by atoms with Crippen LogP contribution in [0.25, 0.3) is 0 Å². The van der Waals surface area contributed by atoms with E-state index < -0.39 is 6.23 Å². The number of nitrogens with zero attached hydrogens (tertiary/aromatic N) is 3. The van der Waals surface area contributed by atoms with Crippen LogP contribution < -0.4 is 0 Å². The van der Waals surface area contributed by atoms with E-state index in [0.29, 0.717) is 6.42 Å². The Morgan fingerprint density at radius 1 is 1.67 bits per heavy atom. The second-order valence-corrected chi connectivity index (χ2v) is 4.11. The number of nitriles is 1. The molecule has 1 amide bonds. The standard InChI is InChI=1S/C10H17N3O2/c1-7(2)12-8(3)6-10(15)13(12)9(14)4-5-11/h7-8,10,15H,4,6H2,1-3H3. The summed E-state index contributed by atoms with van der Waals surface area (Å²) in [6, 6.07) is 2.08. The van der Waals surface area contributed by atoms with Gasteiger partial charge in [-0.2, -0.15) is 5.26 Å². The molecule has 1 heterocycles. The first-order valence-corrected chi connectivity index (χ1v) is 5.14. The van der Waals surface area contributed by atoms with Crippen LogP contribution in [0.2, 0.25) is 0 Å². The lowest BCUT2D eigenvalue weighted by Gasteiger charge is -2.34. The van der Waals surface area contributed by atoms with Gasteiger partial charge >= 0.3 is 0 Å². The number of aliphatic hydroxyl groups excluding tert-OH is 1. The van der Waals surface area contributed by atoms with E-state index in [0.717, 1.165) is 0 Å². The van der Waals surface area contributed by atoms with Crippen molar-refractivity contribution in [3.05, 3.63) is 0 Å². The Balaban J connectivity index is 2.84. The van der Waals surface area contributed by atoms with Crippen molar-refractivity contribution in [2.75, 3.05) is 0 Å². The van der Waals surface area contributed by atoms with Gasteiger partial charge in [0.1, 0.15) is 12.6 Å². The highest BCUT2D eigenvalue weighted by atomic mass is 16.3. The highest BCUT2D eigenvalue weighted by Crippen LogP contribution is 2.26. The molecule has 84 valence electrons. The third-order valence-electron chi connectivity index (χ3n) is 2.55. The van der Waals surface area contributed by atoms with Crippen molar-refractivity contribution in [3.63, 3.8) is 0 Å². The molecular formula is C10H17N3O2. The average Bonchev–Trinajstić information content (AvgIpc) is 2.41. The maximum atomic E-state index is 11.6. The number of hydrogen-bond acceptors (Lipinski definition) is 4. The minimum atomic E-state index is -0.789. The molecule has 0 aromatic rings. The maximum absolute atomic E-state index is 11.6. The van der Waals surface area contributed by atoms with Crippen LogP contribution in [0.15, 0.2) is 0 Å². The number of hydrazine groups is 1. The summed E-state index contributed by atoms with van der Waals surface area (Å²) in [5, 5.41) is 21.4. The molecule has 0 aromatic carbocycles. The first-order valence-electron chi connectivity index (χ1n) is 5.14. The van der Waals surface area contributed by atoms with Crippen molar-refractivity contribution in [2.24, 2.45) is 0 Å². The van der Waals surface area contributed by atoms with Gasteiger partial charge in [-0.1, -0.05) is 0 Å². The van der Waals surface area contributed by atoms with Crippen molar-refractivity contribution < 1.29 is 9.90 Å². The van der Waals surface area contributed by atoms with Gasteiger partial charge in [0.05, 0.1) is 6.07 Å².